The molecule has 0 saturated carbocycles. The molecule has 0 aromatic heterocycles. The molecule has 1 aromatic carbocycles. The molecule has 2 atom stereocenters. The van der Waals surface area contributed by atoms with Gasteiger partial charge in [-0.25, -0.2) is 5.43 Å². The fourth-order valence-corrected chi connectivity index (χ4v) is 4.00. The van der Waals surface area contributed by atoms with Crippen molar-refractivity contribution in [1.82, 2.24) is 20.5 Å². The van der Waals surface area contributed by atoms with Gasteiger partial charge in [0.25, 0.3) is 5.91 Å². The van der Waals surface area contributed by atoms with Crippen molar-refractivity contribution in [1.29, 1.82) is 0 Å². The molecule has 162 valence electrons. The Morgan fingerprint density at radius 3 is 2.67 bits per heavy atom. The quantitative estimate of drug-likeness (QED) is 0.721. The predicted molar refractivity (Wildman–Crippen MR) is 115 cm³/mol. The average molecular weight is 414 g/mol. The topological polar surface area (TPSA) is 94.1 Å². The van der Waals surface area contributed by atoms with Gasteiger partial charge in [-0.05, 0) is 31.9 Å². The molecule has 1 fully saturated rings. The molecule has 3 amide bonds. The number of nitrogens with one attached hydrogen (secondary N) is 2. The summed E-state index contributed by atoms with van der Waals surface area (Å²) in [7, 11) is 3.85. The van der Waals surface area contributed by atoms with E-state index in [2.05, 4.69) is 32.9 Å². The molecule has 8 nitrogen and oxygen atoms in total. The SMILES string of the molecule is CN1C[C@@H](NC(=O)C2=NNC(=O)CC2)CC[C@@H](C(=O)N(C)CCc2ccccc2)C1. The zero-order chi connectivity index (χ0) is 21.5. The lowest BCUT2D eigenvalue weighted by Gasteiger charge is -2.25. The summed E-state index contributed by atoms with van der Waals surface area (Å²) in [6.45, 7) is 2.05. The maximum absolute atomic E-state index is 13.0. The third kappa shape index (κ3) is 6.13. The van der Waals surface area contributed by atoms with E-state index in [-0.39, 0.29) is 36.1 Å². The highest BCUT2D eigenvalue weighted by molar-refractivity contribution is 6.39. The van der Waals surface area contributed by atoms with E-state index in [0.717, 1.165) is 19.3 Å². The fraction of sp³-hybridized carbons (Fsp3) is 0.545. The summed E-state index contributed by atoms with van der Waals surface area (Å²) in [6, 6.07) is 10.1. The number of benzene rings is 1. The minimum Gasteiger partial charge on any atom is -0.347 e. The van der Waals surface area contributed by atoms with E-state index in [1.165, 1.54) is 5.56 Å². The normalized spacial score (nSPS) is 22.5. The Morgan fingerprint density at radius 1 is 1.20 bits per heavy atom. The molecule has 8 heteroatoms. The largest absolute Gasteiger partial charge is 0.347 e. The highest BCUT2D eigenvalue weighted by Gasteiger charge is 2.30. The second-order valence-corrected chi connectivity index (χ2v) is 8.25. The second kappa shape index (κ2) is 10.3. The first kappa shape index (κ1) is 22.0. The Labute approximate surface area is 177 Å². The zero-order valence-corrected chi connectivity index (χ0v) is 17.8. The number of hydrazone groups is 1. The Balaban J connectivity index is 1.50. The van der Waals surface area contributed by atoms with E-state index in [0.29, 0.717) is 31.8 Å². The van der Waals surface area contributed by atoms with Gasteiger partial charge in [0.2, 0.25) is 11.8 Å². The lowest BCUT2D eigenvalue weighted by atomic mass is 10.00. The molecule has 0 spiro atoms. The van der Waals surface area contributed by atoms with Gasteiger partial charge in [-0.15, -0.1) is 0 Å². The lowest BCUT2D eigenvalue weighted by Crippen LogP contribution is -2.45. The molecule has 0 unspecified atom stereocenters. The number of amides is 3. The molecule has 2 heterocycles. The highest BCUT2D eigenvalue weighted by atomic mass is 16.2. The van der Waals surface area contributed by atoms with Gasteiger partial charge in [-0.1, -0.05) is 30.3 Å². The number of likely N-dealkylation sites (N-methyl/N-ethyl adjacent to an activating group) is 2. The van der Waals surface area contributed by atoms with Crippen LogP contribution in [0.15, 0.2) is 35.4 Å². The van der Waals surface area contributed by atoms with Crippen LogP contribution >= 0.6 is 0 Å². The molecule has 0 bridgehead atoms. The molecule has 0 aliphatic carbocycles. The standard InChI is InChI=1S/C22H31N5O3/c1-26-14-17(22(30)27(2)13-12-16-6-4-3-5-7-16)8-9-18(15-26)23-21(29)19-10-11-20(28)25-24-19/h3-7,17-18H,8-15H2,1-2H3,(H,23,29)(H,25,28)/t17-,18+/m1/s1. The van der Waals surface area contributed by atoms with Crippen molar-refractivity contribution in [3.05, 3.63) is 35.9 Å². The van der Waals surface area contributed by atoms with E-state index < -0.39 is 0 Å². The van der Waals surface area contributed by atoms with Crippen molar-refractivity contribution in [3.63, 3.8) is 0 Å². The van der Waals surface area contributed by atoms with Crippen LogP contribution in [0, 0.1) is 5.92 Å². The zero-order valence-electron chi connectivity index (χ0n) is 17.8. The molecule has 0 radical (unpaired) electrons. The first-order valence-corrected chi connectivity index (χ1v) is 10.6. The predicted octanol–water partition coefficient (Wildman–Crippen LogP) is 0.780. The van der Waals surface area contributed by atoms with Crippen LogP contribution in [0.3, 0.4) is 0 Å². The Hall–Kier alpha value is -2.74. The first-order valence-electron chi connectivity index (χ1n) is 10.6. The minimum atomic E-state index is -0.238. The molecule has 2 aliphatic heterocycles. The molecule has 2 N–H and O–H groups in total. The Bertz CT molecular complexity index is 795. The molecule has 2 aliphatic rings. The van der Waals surface area contributed by atoms with E-state index in [1.54, 1.807) is 0 Å². The minimum absolute atomic E-state index is 0.0461. The third-order valence-electron chi connectivity index (χ3n) is 5.73. The van der Waals surface area contributed by atoms with Gasteiger partial charge in [0.15, 0.2) is 0 Å². The lowest BCUT2D eigenvalue weighted by molar-refractivity contribution is -0.134. The summed E-state index contributed by atoms with van der Waals surface area (Å²) in [5.74, 6) is -0.329. The van der Waals surface area contributed by atoms with Crippen LogP contribution in [0.2, 0.25) is 0 Å². The van der Waals surface area contributed by atoms with Crippen LogP contribution in [0.1, 0.15) is 31.2 Å². The van der Waals surface area contributed by atoms with Crippen LogP contribution in [0.4, 0.5) is 0 Å². The molecular weight excluding hydrogens is 382 g/mol. The third-order valence-corrected chi connectivity index (χ3v) is 5.73. The van der Waals surface area contributed by atoms with Crippen LogP contribution in [0.25, 0.3) is 0 Å². The maximum atomic E-state index is 13.0. The fourth-order valence-electron chi connectivity index (χ4n) is 4.00. The van der Waals surface area contributed by atoms with E-state index in [4.69, 9.17) is 0 Å². The van der Waals surface area contributed by atoms with Crippen molar-refractivity contribution in [2.24, 2.45) is 11.0 Å². The van der Waals surface area contributed by atoms with Gasteiger partial charge >= 0.3 is 0 Å². The van der Waals surface area contributed by atoms with Crippen molar-refractivity contribution in [2.75, 3.05) is 33.7 Å². The molecule has 3 rings (SSSR count). The Morgan fingerprint density at radius 2 is 1.97 bits per heavy atom. The van der Waals surface area contributed by atoms with Crippen molar-refractivity contribution >= 4 is 23.4 Å². The van der Waals surface area contributed by atoms with Crippen LogP contribution in [-0.4, -0.2) is 73.0 Å². The van der Waals surface area contributed by atoms with Gasteiger partial charge in [0.05, 0.1) is 5.92 Å². The van der Waals surface area contributed by atoms with Crippen molar-refractivity contribution in [2.45, 2.75) is 38.1 Å². The number of hydrogen-bond donors (Lipinski definition) is 2. The number of carbonyl (C=O) groups excluding carboxylic acids is 3. The maximum Gasteiger partial charge on any atom is 0.267 e. The summed E-state index contributed by atoms with van der Waals surface area (Å²) >= 11 is 0. The average Bonchev–Trinajstić information content (AvgIpc) is 2.93. The van der Waals surface area contributed by atoms with Gasteiger partial charge in [0.1, 0.15) is 5.71 Å². The number of hydrogen-bond acceptors (Lipinski definition) is 5. The van der Waals surface area contributed by atoms with Crippen molar-refractivity contribution in [3.8, 4) is 0 Å². The number of nitrogens with zero attached hydrogens (tertiary/aromatic N) is 3. The number of rotatable bonds is 6. The van der Waals surface area contributed by atoms with Crippen LogP contribution in [-0.2, 0) is 20.8 Å². The molecular formula is C22H31N5O3. The molecule has 1 aromatic rings. The summed E-state index contributed by atoms with van der Waals surface area (Å²) < 4.78 is 0. The van der Waals surface area contributed by atoms with E-state index >= 15 is 0 Å². The monoisotopic (exact) mass is 413 g/mol. The van der Waals surface area contributed by atoms with E-state index in [9.17, 15) is 14.4 Å². The number of carbonyl (C=O) groups is 3. The smallest absolute Gasteiger partial charge is 0.267 e. The van der Waals surface area contributed by atoms with E-state index in [1.807, 2.05) is 37.2 Å². The number of likely N-dealkylation sites (tertiary alicyclic amines) is 1. The van der Waals surface area contributed by atoms with Gasteiger partial charge in [-0.3, -0.25) is 14.4 Å². The second-order valence-electron chi connectivity index (χ2n) is 8.25. The highest BCUT2D eigenvalue weighted by Crippen LogP contribution is 2.19. The van der Waals surface area contributed by atoms with Crippen molar-refractivity contribution < 1.29 is 14.4 Å². The summed E-state index contributed by atoms with van der Waals surface area (Å²) in [6.07, 6.45) is 2.94. The summed E-state index contributed by atoms with van der Waals surface area (Å²) in [4.78, 5) is 40.6. The first-order chi connectivity index (χ1) is 14.4. The summed E-state index contributed by atoms with van der Waals surface area (Å²) in [5.41, 5.74) is 3.94. The van der Waals surface area contributed by atoms with Gasteiger partial charge in [-0.2, -0.15) is 5.10 Å². The summed E-state index contributed by atoms with van der Waals surface area (Å²) in [5, 5.41) is 6.88. The van der Waals surface area contributed by atoms with Crippen LogP contribution in [0.5, 0.6) is 0 Å². The Kier molecular flexibility index (Phi) is 7.57. The molecule has 1 saturated heterocycles. The molecule has 30 heavy (non-hydrogen) atoms. The van der Waals surface area contributed by atoms with Gasteiger partial charge in [0, 0.05) is 45.6 Å². The van der Waals surface area contributed by atoms with Gasteiger partial charge < -0.3 is 15.1 Å². The van der Waals surface area contributed by atoms with Crippen LogP contribution < -0.4 is 10.7 Å².